The Hall–Kier alpha value is -1.42. The summed E-state index contributed by atoms with van der Waals surface area (Å²) in [6.45, 7) is 6.13. The lowest BCUT2D eigenvalue weighted by atomic mass is 10.1. The molecule has 0 aliphatic rings. The van der Waals surface area contributed by atoms with Crippen molar-refractivity contribution >= 4 is 11.6 Å². The summed E-state index contributed by atoms with van der Waals surface area (Å²) in [4.78, 5) is 11.5. The highest BCUT2D eigenvalue weighted by atomic mass is 19.1. The Morgan fingerprint density at radius 1 is 1.38 bits per heavy atom. The molecule has 88 valence electrons. The number of halogens is 1. The van der Waals surface area contributed by atoms with Crippen LogP contribution in [0.2, 0.25) is 0 Å². The third-order valence-corrected chi connectivity index (χ3v) is 1.89. The highest BCUT2D eigenvalue weighted by molar-refractivity contribution is 5.92. The molecule has 1 rings (SSSR count). The number of amides is 1. The second-order valence-corrected chi connectivity index (χ2v) is 4.66. The first kappa shape index (κ1) is 12.6. The molecule has 0 saturated heterocycles. The van der Waals surface area contributed by atoms with Crippen LogP contribution in [0, 0.1) is 5.82 Å². The second-order valence-electron chi connectivity index (χ2n) is 4.66. The third-order valence-electron chi connectivity index (χ3n) is 1.89. The van der Waals surface area contributed by atoms with Gasteiger partial charge in [-0.2, -0.15) is 0 Å². The van der Waals surface area contributed by atoms with Gasteiger partial charge in [0.1, 0.15) is 5.82 Å². The van der Waals surface area contributed by atoms with Crippen molar-refractivity contribution in [2.24, 2.45) is 0 Å². The summed E-state index contributed by atoms with van der Waals surface area (Å²) in [5.74, 6) is -0.540. The van der Waals surface area contributed by atoms with E-state index in [-0.39, 0.29) is 23.8 Å². The number of benzene rings is 1. The molecular formula is C12H17FN2O. The zero-order valence-corrected chi connectivity index (χ0v) is 9.80. The smallest absolute Gasteiger partial charge is 0.238 e. The second kappa shape index (κ2) is 5.07. The van der Waals surface area contributed by atoms with Crippen molar-refractivity contribution in [3.63, 3.8) is 0 Å². The molecule has 0 aliphatic carbocycles. The molecule has 0 aliphatic heterocycles. The normalized spacial score (nSPS) is 11.2. The Bertz CT molecular complexity index is 372. The summed E-state index contributed by atoms with van der Waals surface area (Å²) in [5, 5.41) is 5.66. The van der Waals surface area contributed by atoms with Crippen LogP contribution in [0.4, 0.5) is 10.1 Å². The van der Waals surface area contributed by atoms with Crippen LogP contribution in [0.5, 0.6) is 0 Å². The van der Waals surface area contributed by atoms with Crippen LogP contribution in [0.3, 0.4) is 0 Å². The molecule has 16 heavy (non-hydrogen) atoms. The highest BCUT2D eigenvalue weighted by Gasteiger charge is 2.11. The lowest BCUT2D eigenvalue weighted by Gasteiger charge is -2.19. The predicted octanol–water partition coefficient (Wildman–Crippen LogP) is 2.15. The van der Waals surface area contributed by atoms with Gasteiger partial charge in [0.15, 0.2) is 0 Å². The van der Waals surface area contributed by atoms with Gasteiger partial charge in [0, 0.05) is 11.2 Å². The maximum absolute atomic E-state index is 12.8. The zero-order chi connectivity index (χ0) is 12.2. The van der Waals surface area contributed by atoms with E-state index < -0.39 is 0 Å². The zero-order valence-electron chi connectivity index (χ0n) is 9.80. The van der Waals surface area contributed by atoms with Crippen LogP contribution in [0.25, 0.3) is 0 Å². The molecule has 0 aromatic heterocycles. The van der Waals surface area contributed by atoms with Gasteiger partial charge in [0.2, 0.25) is 5.91 Å². The van der Waals surface area contributed by atoms with Crippen molar-refractivity contribution in [2.75, 3.05) is 11.9 Å². The molecule has 3 nitrogen and oxygen atoms in total. The van der Waals surface area contributed by atoms with Crippen molar-refractivity contribution < 1.29 is 9.18 Å². The Morgan fingerprint density at radius 3 is 2.62 bits per heavy atom. The van der Waals surface area contributed by atoms with Crippen molar-refractivity contribution in [3.05, 3.63) is 30.1 Å². The number of anilines is 1. The lowest BCUT2D eigenvalue weighted by molar-refractivity contribution is -0.115. The van der Waals surface area contributed by atoms with Crippen LogP contribution in [-0.2, 0) is 4.79 Å². The maximum Gasteiger partial charge on any atom is 0.238 e. The van der Waals surface area contributed by atoms with Crippen molar-refractivity contribution in [2.45, 2.75) is 26.3 Å². The van der Waals surface area contributed by atoms with E-state index in [9.17, 15) is 9.18 Å². The third kappa shape index (κ3) is 4.89. The fourth-order valence-electron chi connectivity index (χ4n) is 1.12. The molecule has 0 bridgehead atoms. The van der Waals surface area contributed by atoms with E-state index in [1.807, 2.05) is 20.8 Å². The summed E-state index contributed by atoms with van der Waals surface area (Å²) in [7, 11) is 0. The van der Waals surface area contributed by atoms with Gasteiger partial charge in [0.25, 0.3) is 0 Å². The molecule has 0 atom stereocenters. The van der Waals surface area contributed by atoms with Gasteiger partial charge >= 0.3 is 0 Å². The molecular weight excluding hydrogens is 207 g/mol. The molecule has 1 aromatic rings. The van der Waals surface area contributed by atoms with E-state index >= 15 is 0 Å². The van der Waals surface area contributed by atoms with Crippen molar-refractivity contribution in [1.82, 2.24) is 5.32 Å². The minimum atomic E-state index is -0.360. The average molecular weight is 224 g/mol. The van der Waals surface area contributed by atoms with Gasteiger partial charge in [0.05, 0.1) is 6.54 Å². The first-order chi connectivity index (χ1) is 7.37. The quantitative estimate of drug-likeness (QED) is 0.826. The molecule has 1 amide bonds. The first-order valence-corrected chi connectivity index (χ1v) is 5.17. The van der Waals surface area contributed by atoms with Crippen LogP contribution < -0.4 is 10.6 Å². The Labute approximate surface area is 95.0 Å². The van der Waals surface area contributed by atoms with E-state index in [2.05, 4.69) is 10.6 Å². The standard InChI is InChI=1S/C12H17FN2O/c1-12(2,3)14-8-11(16)15-10-6-4-5-9(13)7-10/h4-7,14H,8H2,1-3H3,(H,15,16). The minimum Gasteiger partial charge on any atom is -0.325 e. The molecule has 0 heterocycles. The Morgan fingerprint density at radius 2 is 2.06 bits per heavy atom. The number of hydrogen-bond acceptors (Lipinski definition) is 2. The van der Waals surface area contributed by atoms with E-state index in [0.29, 0.717) is 5.69 Å². The number of carbonyl (C=O) groups is 1. The molecule has 0 unspecified atom stereocenters. The summed E-state index contributed by atoms with van der Waals surface area (Å²) in [6, 6.07) is 5.83. The highest BCUT2D eigenvalue weighted by Crippen LogP contribution is 2.08. The summed E-state index contributed by atoms with van der Waals surface area (Å²) < 4.78 is 12.8. The summed E-state index contributed by atoms with van der Waals surface area (Å²) in [6.07, 6.45) is 0. The van der Waals surface area contributed by atoms with Crippen LogP contribution in [0.1, 0.15) is 20.8 Å². The van der Waals surface area contributed by atoms with Crippen molar-refractivity contribution in [3.8, 4) is 0 Å². The van der Waals surface area contributed by atoms with Gasteiger partial charge in [-0.25, -0.2) is 4.39 Å². The van der Waals surface area contributed by atoms with Crippen LogP contribution in [0.15, 0.2) is 24.3 Å². The monoisotopic (exact) mass is 224 g/mol. The largest absolute Gasteiger partial charge is 0.325 e. The molecule has 0 fully saturated rings. The van der Waals surface area contributed by atoms with E-state index in [1.165, 1.54) is 12.1 Å². The van der Waals surface area contributed by atoms with Crippen molar-refractivity contribution in [1.29, 1.82) is 0 Å². The number of nitrogens with one attached hydrogen (secondary N) is 2. The fourth-order valence-corrected chi connectivity index (χ4v) is 1.12. The molecule has 4 heteroatoms. The van der Waals surface area contributed by atoms with Crippen LogP contribution >= 0.6 is 0 Å². The van der Waals surface area contributed by atoms with E-state index in [4.69, 9.17) is 0 Å². The number of hydrogen-bond donors (Lipinski definition) is 2. The van der Waals surface area contributed by atoms with Gasteiger partial charge in [-0.15, -0.1) is 0 Å². The summed E-state index contributed by atoms with van der Waals surface area (Å²) >= 11 is 0. The fraction of sp³-hybridized carbons (Fsp3) is 0.417. The SMILES string of the molecule is CC(C)(C)NCC(=O)Nc1cccc(F)c1. The van der Waals surface area contributed by atoms with Gasteiger partial charge in [-0.1, -0.05) is 6.07 Å². The molecule has 2 N–H and O–H groups in total. The minimum absolute atomic E-state index is 0.112. The van der Waals surface area contributed by atoms with E-state index in [0.717, 1.165) is 0 Å². The molecule has 0 saturated carbocycles. The Kier molecular flexibility index (Phi) is 4.01. The Balaban J connectivity index is 2.46. The van der Waals surface area contributed by atoms with Gasteiger partial charge in [-0.05, 0) is 39.0 Å². The predicted molar refractivity (Wildman–Crippen MR) is 62.8 cm³/mol. The lowest BCUT2D eigenvalue weighted by Crippen LogP contribution is -2.41. The number of carbonyl (C=O) groups excluding carboxylic acids is 1. The van der Waals surface area contributed by atoms with Gasteiger partial charge in [-0.3, -0.25) is 4.79 Å². The molecule has 0 spiro atoms. The molecule has 0 radical (unpaired) electrons. The molecule has 1 aromatic carbocycles. The van der Waals surface area contributed by atoms with E-state index in [1.54, 1.807) is 12.1 Å². The summed E-state index contributed by atoms with van der Waals surface area (Å²) in [5.41, 5.74) is 0.361. The maximum atomic E-state index is 12.8. The van der Waals surface area contributed by atoms with Crippen LogP contribution in [-0.4, -0.2) is 18.0 Å². The first-order valence-electron chi connectivity index (χ1n) is 5.17. The average Bonchev–Trinajstić information content (AvgIpc) is 2.14. The topological polar surface area (TPSA) is 41.1 Å². The van der Waals surface area contributed by atoms with Gasteiger partial charge < -0.3 is 10.6 Å². The number of rotatable bonds is 3.